The molecule has 0 radical (unpaired) electrons. The standard InChI is InChI=1S/C29H34N4O3.C2H4O2/c1-20(22-15-13-21(14-16-22)19-25(31)34)33-28(36)29(32,17-8-18-30)27(35)26(23-9-4-2-5-10-23)24-11-6-3-7-12-24;1-2(3)4/h2-7,9-16,20,26H,8,17-19,30,32H2,1H3,(H2,31,34)(H,33,36);1H3,(H,3,4)/t20-,29+;/m0./s1. The molecule has 2 amide bonds. The molecule has 212 valence electrons. The van der Waals surface area contributed by atoms with Crippen LogP contribution < -0.4 is 22.5 Å². The van der Waals surface area contributed by atoms with Gasteiger partial charge in [-0.25, -0.2) is 0 Å². The van der Waals surface area contributed by atoms with Crippen LogP contribution in [0.15, 0.2) is 84.9 Å². The molecule has 0 unspecified atom stereocenters. The van der Waals surface area contributed by atoms with Crippen LogP contribution in [0.4, 0.5) is 0 Å². The molecular formula is C31H38N4O5. The van der Waals surface area contributed by atoms with E-state index in [1.54, 1.807) is 12.1 Å². The number of hydrogen-bond acceptors (Lipinski definition) is 6. The number of aliphatic carboxylic acids is 1. The second kappa shape index (κ2) is 15.3. The van der Waals surface area contributed by atoms with Crippen LogP contribution in [0.25, 0.3) is 0 Å². The van der Waals surface area contributed by atoms with Crippen LogP contribution in [-0.2, 0) is 25.6 Å². The molecule has 9 nitrogen and oxygen atoms in total. The van der Waals surface area contributed by atoms with Crippen LogP contribution in [0.2, 0.25) is 0 Å². The Morgan fingerprint density at radius 3 is 1.75 bits per heavy atom. The first-order valence-corrected chi connectivity index (χ1v) is 13.0. The molecule has 0 spiro atoms. The highest BCUT2D eigenvalue weighted by molar-refractivity contribution is 6.14. The lowest BCUT2D eigenvalue weighted by Crippen LogP contribution is -2.61. The summed E-state index contributed by atoms with van der Waals surface area (Å²) < 4.78 is 0. The number of carboxylic acid groups (broad SMARTS) is 1. The van der Waals surface area contributed by atoms with Gasteiger partial charge in [0.15, 0.2) is 11.3 Å². The van der Waals surface area contributed by atoms with E-state index in [0.29, 0.717) is 13.0 Å². The number of nitrogens with two attached hydrogens (primary N) is 3. The van der Waals surface area contributed by atoms with Crippen molar-refractivity contribution in [2.75, 3.05) is 6.54 Å². The SMILES string of the molecule is CC(=O)O.C[C@H](NC(=O)[C@@](N)(CCCN)C(=O)C(c1ccccc1)c1ccccc1)c1ccc(CC(N)=O)cc1. The summed E-state index contributed by atoms with van der Waals surface area (Å²) in [5.41, 5.74) is 19.0. The van der Waals surface area contributed by atoms with E-state index in [1.807, 2.05) is 79.7 Å². The summed E-state index contributed by atoms with van der Waals surface area (Å²) in [4.78, 5) is 47.9. The van der Waals surface area contributed by atoms with Crippen molar-refractivity contribution >= 4 is 23.6 Å². The number of amides is 2. The summed E-state index contributed by atoms with van der Waals surface area (Å²) in [6.45, 7) is 3.21. The fourth-order valence-corrected chi connectivity index (χ4v) is 4.31. The van der Waals surface area contributed by atoms with E-state index in [-0.39, 0.29) is 18.6 Å². The summed E-state index contributed by atoms with van der Waals surface area (Å²) in [5, 5.41) is 10.3. The smallest absolute Gasteiger partial charge is 0.300 e. The molecule has 0 fully saturated rings. The topological polar surface area (TPSA) is 179 Å². The first kappa shape index (κ1) is 31.9. The normalized spacial score (nSPS) is 12.8. The lowest BCUT2D eigenvalue weighted by Gasteiger charge is -2.32. The fourth-order valence-electron chi connectivity index (χ4n) is 4.31. The van der Waals surface area contributed by atoms with Crippen LogP contribution in [0, 0.1) is 0 Å². The molecule has 40 heavy (non-hydrogen) atoms. The van der Waals surface area contributed by atoms with Gasteiger partial charge < -0.3 is 27.6 Å². The van der Waals surface area contributed by atoms with Gasteiger partial charge in [-0.3, -0.25) is 19.2 Å². The van der Waals surface area contributed by atoms with E-state index in [4.69, 9.17) is 27.1 Å². The number of ketones is 1. The summed E-state index contributed by atoms with van der Waals surface area (Å²) in [7, 11) is 0. The Balaban J connectivity index is 0.00000131. The van der Waals surface area contributed by atoms with Gasteiger partial charge in [-0.2, -0.15) is 0 Å². The van der Waals surface area contributed by atoms with Gasteiger partial charge in [0.05, 0.1) is 18.4 Å². The Kier molecular flexibility index (Phi) is 12.2. The minimum Gasteiger partial charge on any atom is -0.481 e. The molecule has 3 aromatic rings. The third-order valence-corrected chi connectivity index (χ3v) is 6.35. The molecular weight excluding hydrogens is 508 g/mol. The predicted octanol–water partition coefficient (Wildman–Crippen LogP) is 2.82. The highest BCUT2D eigenvalue weighted by Gasteiger charge is 2.45. The van der Waals surface area contributed by atoms with Crippen molar-refractivity contribution in [1.82, 2.24) is 5.32 Å². The minimum atomic E-state index is -1.78. The molecule has 0 aliphatic carbocycles. The van der Waals surface area contributed by atoms with Crippen LogP contribution in [0.1, 0.15) is 60.9 Å². The number of nitrogens with one attached hydrogen (secondary N) is 1. The summed E-state index contributed by atoms with van der Waals surface area (Å²) in [6, 6.07) is 25.5. The number of Topliss-reactive ketones (excluding diaryl/α,β-unsaturated/α-hetero) is 1. The zero-order chi connectivity index (χ0) is 29.7. The summed E-state index contributed by atoms with van der Waals surface area (Å²) >= 11 is 0. The molecule has 3 aromatic carbocycles. The molecule has 3 rings (SSSR count). The third kappa shape index (κ3) is 9.14. The minimum absolute atomic E-state index is 0.120. The number of benzene rings is 3. The number of rotatable bonds is 12. The van der Waals surface area contributed by atoms with Crippen LogP contribution in [-0.4, -0.2) is 40.8 Å². The predicted molar refractivity (Wildman–Crippen MR) is 154 cm³/mol. The number of primary amides is 1. The fraction of sp³-hybridized carbons (Fsp3) is 0.290. The maximum absolute atomic E-state index is 14.1. The highest BCUT2D eigenvalue weighted by Crippen LogP contribution is 2.31. The van der Waals surface area contributed by atoms with E-state index in [1.165, 1.54) is 0 Å². The van der Waals surface area contributed by atoms with Gasteiger partial charge in [0, 0.05) is 6.92 Å². The Morgan fingerprint density at radius 1 is 0.850 bits per heavy atom. The Labute approximate surface area is 234 Å². The van der Waals surface area contributed by atoms with Crippen molar-refractivity contribution in [3.63, 3.8) is 0 Å². The van der Waals surface area contributed by atoms with Crippen molar-refractivity contribution in [2.45, 2.75) is 50.6 Å². The largest absolute Gasteiger partial charge is 0.481 e. The van der Waals surface area contributed by atoms with Crippen LogP contribution in [0.3, 0.4) is 0 Å². The lowest BCUT2D eigenvalue weighted by atomic mass is 9.76. The quantitative estimate of drug-likeness (QED) is 0.217. The zero-order valence-electron chi connectivity index (χ0n) is 22.9. The molecule has 0 heterocycles. The second-order valence-electron chi connectivity index (χ2n) is 9.58. The van der Waals surface area contributed by atoms with E-state index in [2.05, 4.69) is 5.32 Å². The van der Waals surface area contributed by atoms with Gasteiger partial charge in [-0.1, -0.05) is 84.9 Å². The average molecular weight is 547 g/mol. The molecule has 0 bridgehead atoms. The van der Waals surface area contributed by atoms with Crippen molar-refractivity contribution in [3.8, 4) is 0 Å². The number of carboxylic acids is 1. The lowest BCUT2D eigenvalue weighted by molar-refractivity contribution is -0.137. The Hall–Kier alpha value is -4.34. The molecule has 2 atom stereocenters. The van der Waals surface area contributed by atoms with E-state index in [9.17, 15) is 14.4 Å². The highest BCUT2D eigenvalue weighted by atomic mass is 16.4. The first-order valence-electron chi connectivity index (χ1n) is 13.0. The van der Waals surface area contributed by atoms with Crippen molar-refractivity contribution in [1.29, 1.82) is 0 Å². The van der Waals surface area contributed by atoms with E-state index < -0.39 is 35.3 Å². The van der Waals surface area contributed by atoms with Gasteiger partial charge in [0.2, 0.25) is 11.8 Å². The van der Waals surface area contributed by atoms with Crippen molar-refractivity contribution in [3.05, 3.63) is 107 Å². The van der Waals surface area contributed by atoms with E-state index in [0.717, 1.165) is 29.2 Å². The van der Waals surface area contributed by atoms with Gasteiger partial charge in [0.1, 0.15) is 0 Å². The Morgan fingerprint density at radius 2 is 1.32 bits per heavy atom. The number of carbonyl (C=O) groups excluding carboxylic acids is 3. The molecule has 0 aliphatic heterocycles. The molecule has 0 aromatic heterocycles. The molecule has 0 saturated carbocycles. The zero-order valence-corrected chi connectivity index (χ0v) is 22.9. The average Bonchev–Trinajstić information content (AvgIpc) is 2.92. The number of hydrogen-bond donors (Lipinski definition) is 5. The summed E-state index contributed by atoms with van der Waals surface area (Å²) in [6.07, 6.45) is 0.678. The van der Waals surface area contributed by atoms with Crippen LogP contribution in [0.5, 0.6) is 0 Å². The van der Waals surface area contributed by atoms with Crippen LogP contribution >= 0.6 is 0 Å². The molecule has 9 heteroatoms. The van der Waals surface area contributed by atoms with Crippen molar-refractivity contribution in [2.24, 2.45) is 17.2 Å². The Bertz CT molecular complexity index is 1220. The van der Waals surface area contributed by atoms with Crippen molar-refractivity contribution < 1.29 is 24.3 Å². The van der Waals surface area contributed by atoms with Gasteiger partial charge in [-0.15, -0.1) is 0 Å². The molecule has 8 N–H and O–H groups in total. The monoisotopic (exact) mass is 546 g/mol. The van der Waals surface area contributed by atoms with Gasteiger partial charge in [0.25, 0.3) is 5.97 Å². The maximum atomic E-state index is 14.1. The maximum Gasteiger partial charge on any atom is 0.300 e. The summed E-state index contributed by atoms with van der Waals surface area (Å²) in [5.74, 6) is -2.88. The molecule has 0 saturated heterocycles. The van der Waals surface area contributed by atoms with Gasteiger partial charge >= 0.3 is 0 Å². The van der Waals surface area contributed by atoms with Gasteiger partial charge in [-0.05, 0) is 48.6 Å². The number of carbonyl (C=O) groups is 4. The van der Waals surface area contributed by atoms with E-state index >= 15 is 0 Å². The second-order valence-corrected chi connectivity index (χ2v) is 9.58. The first-order chi connectivity index (χ1) is 19.0. The molecule has 0 aliphatic rings. The third-order valence-electron chi connectivity index (χ3n) is 6.35.